The van der Waals surface area contributed by atoms with Crippen molar-refractivity contribution in [3.8, 4) is 16.9 Å². The van der Waals surface area contributed by atoms with E-state index in [4.69, 9.17) is 0 Å². The zero-order chi connectivity index (χ0) is 25.7. The number of hydrogen-bond acceptors (Lipinski definition) is 3. The third-order valence-corrected chi connectivity index (χ3v) is 6.71. The first-order valence-corrected chi connectivity index (χ1v) is 12.8. The van der Waals surface area contributed by atoms with Crippen LogP contribution in [0.25, 0.3) is 23.3 Å². The Balaban J connectivity index is 1.82. The zero-order valence-electron chi connectivity index (χ0n) is 19.4. The van der Waals surface area contributed by atoms with Crippen LogP contribution in [0.5, 0.6) is 5.75 Å². The molecule has 0 amide bonds. The second-order valence-corrected chi connectivity index (χ2v) is 10.0. The SMILES string of the molecule is Cc1cc(O)c(C(=O)/C=C/c2ccc(Br)cc2)c(-c2ccccc2)c1C(=O)/C=C/c1ccc(Br)cc1. The van der Waals surface area contributed by atoms with Gasteiger partial charge in [0, 0.05) is 20.1 Å². The highest BCUT2D eigenvalue weighted by Crippen LogP contribution is 2.37. The van der Waals surface area contributed by atoms with Gasteiger partial charge in [0.25, 0.3) is 0 Å². The van der Waals surface area contributed by atoms with Crippen molar-refractivity contribution in [2.45, 2.75) is 6.92 Å². The number of hydrogen-bond donors (Lipinski definition) is 1. The predicted octanol–water partition coefficient (Wildman–Crippen LogP) is 8.68. The normalized spacial score (nSPS) is 11.3. The number of rotatable bonds is 7. The summed E-state index contributed by atoms with van der Waals surface area (Å²) in [6.45, 7) is 1.76. The fraction of sp³-hybridized carbons (Fsp3) is 0.0323. The van der Waals surface area contributed by atoms with Gasteiger partial charge >= 0.3 is 0 Å². The molecule has 0 aliphatic carbocycles. The van der Waals surface area contributed by atoms with Crippen molar-refractivity contribution in [2.24, 2.45) is 0 Å². The summed E-state index contributed by atoms with van der Waals surface area (Å²) < 4.78 is 1.89. The number of phenolic OH excluding ortho intramolecular Hbond substituents is 1. The lowest BCUT2D eigenvalue weighted by atomic mass is 9.86. The highest BCUT2D eigenvalue weighted by molar-refractivity contribution is 9.10. The maximum atomic E-state index is 13.5. The zero-order valence-corrected chi connectivity index (χ0v) is 22.6. The molecule has 0 saturated heterocycles. The lowest BCUT2D eigenvalue weighted by Gasteiger charge is -2.16. The number of halogens is 2. The van der Waals surface area contributed by atoms with Crippen molar-refractivity contribution in [3.05, 3.63) is 134 Å². The second-order valence-electron chi connectivity index (χ2n) is 8.20. The predicted molar refractivity (Wildman–Crippen MR) is 153 cm³/mol. The molecule has 0 spiro atoms. The minimum Gasteiger partial charge on any atom is -0.507 e. The monoisotopic (exact) mass is 600 g/mol. The molecule has 3 nitrogen and oxygen atoms in total. The van der Waals surface area contributed by atoms with Gasteiger partial charge in [0.05, 0.1) is 5.56 Å². The van der Waals surface area contributed by atoms with Gasteiger partial charge in [0.15, 0.2) is 11.6 Å². The molecular formula is C31H22Br2O3. The van der Waals surface area contributed by atoms with Crippen molar-refractivity contribution in [1.29, 1.82) is 0 Å². The number of carbonyl (C=O) groups is 2. The second kappa shape index (κ2) is 11.5. The smallest absolute Gasteiger partial charge is 0.190 e. The number of benzene rings is 4. The summed E-state index contributed by atoms with van der Waals surface area (Å²) in [5.41, 5.74) is 3.88. The Bertz CT molecular complexity index is 1380. The van der Waals surface area contributed by atoms with E-state index in [0.29, 0.717) is 22.3 Å². The summed E-state index contributed by atoms with van der Waals surface area (Å²) in [6, 6.07) is 25.8. The highest BCUT2D eigenvalue weighted by atomic mass is 79.9. The van der Waals surface area contributed by atoms with Gasteiger partial charge in [0.2, 0.25) is 0 Å². The fourth-order valence-corrected chi connectivity index (χ4v) is 4.45. The number of allylic oxidation sites excluding steroid dienone is 2. The van der Waals surface area contributed by atoms with Crippen LogP contribution in [0.4, 0.5) is 0 Å². The van der Waals surface area contributed by atoms with Crippen molar-refractivity contribution in [2.75, 3.05) is 0 Å². The third-order valence-electron chi connectivity index (χ3n) is 5.65. The first-order valence-electron chi connectivity index (χ1n) is 11.2. The van der Waals surface area contributed by atoms with E-state index in [1.54, 1.807) is 19.1 Å². The standard InChI is InChI=1S/C31H22Br2O3/c1-20-19-28(36)31(27(35)18-12-22-9-15-25(33)16-10-22)30(23-5-3-2-4-6-23)29(20)26(34)17-11-21-7-13-24(32)14-8-21/h2-19,36H,1H3/b17-11+,18-12+. The molecule has 4 aromatic rings. The van der Waals surface area contributed by atoms with Crippen LogP contribution in [0.3, 0.4) is 0 Å². The van der Waals surface area contributed by atoms with Crippen LogP contribution in [0.1, 0.15) is 37.4 Å². The molecule has 0 radical (unpaired) electrons. The van der Waals surface area contributed by atoms with Crippen LogP contribution in [-0.4, -0.2) is 16.7 Å². The van der Waals surface area contributed by atoms with E-state index in [-0.39, 0.29) is 22.9 Å². The first-order chi connectivity index (χ1) is 17.3. The molecule has 0 heterocycles. The van der Waals surface area contributed by atoms with Crippen molar-refractivity contribution >= 4 is 55.6 Å². The molecule has 0 fully saturated rings. The number of ketones is 2. The summed E-state index contributed by atoms with van der Waals surface area (Å²) >= 11 is 6.81. The molecule has 0 bridgehead atoms. The van der Waals surface area contributed by atoms with Crippen LogP contribution in [0.2, 0.25) is 0 Å². The summed E-state index contributed by atoms with van der Waals surface area (Å²) in [4.78, 5) is 26.9. The van der Waals surface area contributed by atoms with Crippen molar-refractivity contribution < 1.29 is 14.7 Å². The molecule has 1 N–H and O–H groups in total. The molecule has 0 saturated carbocycles. The van der Waals surface area contributed by atoms with Crippen LogP contribution >= 0.6 is 31.9 Å². The van der Waals surface area contributed by atoms with E-state index in [9.17, 15) is 14.7 Å². The summed E-state index contributed by atoms with van der Waals surface area (Å²) in [7, 11) is 0. The van der Waals surface area contributed by atoms with Gasteiger partial charge < -0.3 is 5.11 Å². The van der Waals surface area contributed by atoms with Gasteiger partial charge in [-0.15, -0.1) is 0 Å². The average Bonchev–Trinajstić information content (AvgIpc) is 2.87. The molecule has 0 unspecified atom stereocenters. The van der Waals surface area contributed by atoms with Crippen LogP contribution < -0.4 is 0 Å². The topological polar surface area (TPSA) is 54.4 Å². The molecule has 5 heteroatoms. The number of phenols is 1. The van der Waals surface area contributed by atoms with Crippen LogP contribution in [-0.2, 0) is 0 Å². The van der Waals surface area contributed by atoms with Gasteiger partial charge in [-0.3, -0.25) is 9.59 Å². The Labute approximate surface area is 227 Å². The maximum absolute atomic E-state index is 13.5. The number of aryl methyl sites for hydroxylation is 1. The van der Waals surface area contributed by atoms with Crippen LogP contribution in [0, 0.1) is 6.92 Å². The minimum atomic E-state index is -0.389. The molecule has 0 aliphatic rings. The third kappa shape index (κ3) is 5.99. The van der Waals surface area contributed by atoms with Crippen LogP contribution in [0.15, 0.2) is 106 Å². The van der Waals surface area contributed by atoms with Crippen molar-refractivity contribution in [3.63, 3.8) is 0 Å². The highest BCUT2D eigenvalue weighted by Gasteiger charge is 2.24. The Hall–Kier alpha value is -3.54. The quantitative estimate of drug-likeness (QED) is 0.170. The Morgan fingerprint density at radius 3 is 1.67 bits per heavy atom. The van der Waals surface area contributed by atoms with E-state index in [1.165, 1.54) is 18.2 Å². The first kappa shape index (κ1) is 25.5. The van der Waals surface area contributed by atoms with Gasteiger partial charge in [0.1, 0.15) is 5.75 Å². The molecule has 0 atom stereocenters. The van der Waals surface area contributed by atoms with E-state index in [2.05, 4.69) is 31.9 Å². The summed E-state index contributed by atoms with van der Waals surface area (Å²) in [5, 5.41) is 10.9. The fourth-order valence-electron chi connectivity index (χ4n) is 3.92. The Morgan fingerprint density at radius 1 is 0.694 bits per heavy atom. The number of aromatic hydroxyl groups is 1. The number of carbonyl (C=O) groups excluding carboxylic acids is 2. The molecule has 4 aromatic carbocycles. The lowest BCUT2D eigenvalue weighted by Crippen LogP contribution is -2.08. The molecule has 4 rings (SSSR count). The van der Waals surface area contributed by atoms with E-state index < -0.39 is 0 Å². The van der Waals surface area contributed by atoms with Gasteiger partial charge in [-0.2, -0.15) is 0 Å². The lowest BCUT2D eigenvalue weighted by molar-refractivity contribution is 0.104. The molecule has 0 aliphatic heterocycles. The Morgan fingerprint density at radius 2 is 1.17 bits per heavy atom. The van der Waals surface area contributed by atoms with E-state index in [1.807, 2.05) is 78.9 Å². The summed E-state index contributed by atoms with van der Waals surface area (Å²) in [5.74, 6) is -0.800. The molecular weight excluding hydrogens is 580 g/mol. The van der Waals surface area contributed by atoms with Crippen molar-refractivity contribution in [1.82, 2.24) is 0 Å². The maximum Gasteiger partial charge on any atom is 0.190 e. The van der Waals surface area contributed by atoms with E-state index in [0.717, 1.165) is 20.1 Å². The molecule has 0 aromatic heterocycles. The van der Waals surface area contributed by atoms with E-state index >= 15 is 0 Å². The van der Waals surface area contributed by atoms with Gasteiger partial charge in [-0.05, 0) is 71.7 Å². The molecule has 36 heavy (non-hydrogen) atoms. The minimum absolute atomic E-state index is 0.0977. The summed E-state index contributed by atoms with van der Waals surface area (Å²) in [6.07, 6.45) is 6.36. The average molecular weight is 602 g/mol. The van der Waals surface area contributed by atoms with Gasteiger partial charge in [-0.25, -0.2) is 0 Å². The van der Waals surface area contributed by atoms with Gasteiger partial charge in [-0.1, -0.05) is 98.6 Å². The largest absolute Gasteiger partial charge is 0.507 e. The molecule has 178 valence electrons. The Kier molecular flexibility index (Phi) is 8.14.